The van der Waals surface area contributed by atoms with Crippen molar-refractivity contribution in [2.45, 2.75) is 13.8 Å². The van der Waals surface area contributed by atoms with Crippen LogP contribution in [-0.4, -0.2) is 43.4 Å². The molecule has 1 aromatic carbocycles. The van der Waals surface area contributed by atoms with Crippen molar-refractivity contribution < 1.29 is 23.9 Å². The van der Waals surface area contributed by atoms with Gasteiger partial charge in [0, 0.05) is 18.3 Å². The Balaban J connectivity index is 2.68. The van der Waals surface area contributed by atoms with Gasteiger partial charge in [0.25, 0.3) is 11.7 Å². The van der Waals surface area contributed by atoms with Crippen molar-refractivity contribution >= 4 is 17.7 Å². The minimum atomic E-state index is -0.772. The van der Waals surface area contributed by atoms with Crippen molar-refractivity contribution in [2.75, 3.05) is 20.8 Å². The lowest BCUT2D eigenvalue weighted by Crippen LogP contribution is -2.28. The van der Waals surface area contributed by atoms with Gasteiger partial charge in [0.2, 0.25) is 0 Å². The predicted molar refractivity (Wildman–Crippen MR) is 91.9 cm³/mol. The second-order valence-electron chi connectivity index (χ2n) is 5.23. The number of esters is 1. The molecule has 0 atom stereocenters. The topological polar surface area (TPSA) is 97.5 Å². The molecule has 0 saturated carbocycles. The molecule has 0 saturated heterocycles. The minimum Gasteiger partial charge on any atom is -0.497 e. The molecule has 25 heavy (non-hydrogen) atoms. The van der Waals surface area contributed by atoms with E-state index in [0.717, 1.165) is 0 Å². The number of Topliss-reactive ketones (excluding diaryl/α,β-unsaturated/α-hetero) is 1. The van der Waals surface area contributed by atoms with Crippen LogP contribution >= 0.6 is 0 Å². The van der Waals surface area contributed by atoms with Crippen molar-refractivity contribution in [1.82, 2.24) is 10.3 Å². The molecule has 0 fully saturated rings. The van der Waals surface area contributed by atoms with E-state index in [1.54, 1.807) is 45.2 Å². The lowest BCUT2D eigenvalue weighted by atomic mass is 9.98. The van der Waals surface area contributed by atoms with E-state index < -0.39 is 17.7 Å². The van der Waals surface area contributed by atoms with Crippen LogP contribution in [0.5, 0.6) is 5.75 Å². The number of ketones is 1. The lowest BCUT2D eigenvalue weighted by Gasteiger charge is -2.08. The number of H-pyrrole nitrogens is 1. The number of hydrogen-bond acceptors (Lipinski definition) is 5. The first-order valence-electron chi connectivity index (χ1n) is 7.75. The van der Waals surface area contributed by atoms with Crippen molar-refractivity contribution in [2.24, 2.45) is 0 Å². The van der Waals surface area contributed by atoms with E-state index in [-0.39, 0.29) is 17.9 Å². The minimum absolute atomic E-state index is 0.0464. The van der Waals surface area contributed by atoms with Gasteiger partial charge in [-0.05, 0) is 31.5 Å². The van der Waals surface area contributed by atoms with E-state index in [0.29, 0.717) is 22.6 Å². The smallest absolute Gasteiger partial charge is 0.340 e. The van der Waals surface area contributed by atoms with Crippen LogP contribution in [0.4, 0.5) is 0 Å². The van der Waals surface area contributed by atoms with E-state index in [2.05, 4.69) is 10.3 Å². The molecule has 132 valence electrons. The van der Waals surface area contributed by atoms with E-state index in [1.165, 1.54) is 7.05 Å². The van der Waals surface area contributed by atoms with E-state index in [4.69, 9.17) is 9.47 Å². The first kappa shape index (κ1) is 18.3. The number of nitrogens with one attached hydrogen (secondary N) is 2. The van der Waals surface area contributed by atoms with Gasteiger partial charge in [-0.1, -0.05) is 12.1 Å². The molecule has 0 aliphatic carbocycles. The first-order valence-corrected chi connectivity index (χ1v) is 7.75. The normalized spacial score (nSPS) is 10.2. The van der Waals surface area contributed by atoms with Crippen molar-refractivity contribution in [3.8, 4) is 16.9 Å². The average Bonchev–Trinajstić information content (AvgIpc) is 2.97. The van der Waals surface area contributed by atoms with Gasteiger partial charge < -0.3 is 19.8 Å². The summed E-state index contributed by atoms with van der Waals surface area (Å²) in [7, 11) is 2.91. The molecule has 7 nitrogen and oxygen atoms in total. The highest BCUT2D eigenvalue weighted by atomic mass is 16.5. The average molecular weight is 344 g/mol. The molecule has 0 radical (unpaired) electrons. The van der Waals surface area contributed by atoms with Crippen LogP contribution in [0.15, 0.2) is 24.3 Å². The van der Waals surface area contributed by atoms with Crippen LogP contribution in [-0.2, 0) is 9.53 Å². The maximum absolute atomic E-state index is 12.4. The number of ether oxygens (including phenoxy) is 2. The number of hydrogen-bond donors (Lipinski definition) is 2. The van der Waals surface area contributed by atoms with Gasteiger partial charge in [-0.3, -0.25) is 9.59 Å². The molecule has 0 spiro atoms. The number of rotatable bonds is 6. The van der Waals surface area contributed by atoms with Gasteiger partial charge in [-0.25, -0.2) is 4.79 Å². The maximum atomic E-state index is 12.4. The number of carbonyl (C=O) groups excluding carboxylic acids is 3. The molecule has 0 bridgehead atoms. The number of methoxy groups -OCH3 is 1. The Bertz CT molecular complexity index is 806. The predicted octanol–water partition coefficient (Wildman–Crippen LogP) is 2.10. The largest absolute Gasteiger partial charge is 0.497 e. The number of aryl methyl sites for hydroxylation is 1. The monoisotopic (exact) mass is 344 g/mol. The Kier molecular flexibility index (Phi) is 5.59. The molecule has 0 aliphatic rings. The summed E-state index contributed by atoms with van der Waals surface area (Å²) in [5, 5.41) is 2.30. The van der Waals surface area contributed by atoms with E-state index in [9.17, 15) is 14.4 Å². The summed E-state index contributed by atoms with van der Waals surface area (Å²) in [6, 6.07) is 6.84. The first-order chi connectivity index (χ1) is 11.9. The molecule has 2 N–H and O–H groups in total. The van der Waals surface area contributed by atoms with Crippen LogP contribution in [0.3, 0.4) is 0 Å². The summed E-state index contributed by atoms with van der Waals surface area (Å²) < 4.78 is 10.2. The van der Waals surface area contributed by atoms with Crippen LogP contribution in [0.25, 0.3) is 11.1 Å². The second-order valence-corrected chi connectivity index (χ2v) is 5.23. The van der Waals surface area contributed by atoms with Gasteiger partial charge in [0.15, 0.2) is 0 Å². The Morgan fingerprint density at radius 3 is 2.32 bits per heavy atom. The van der Waals surface area contributed by atoms with Crippen LogP contribution < -0.4 is 10.1 Å². The summed E-state index contributed by atoms with van der Waals surface area (Å²) in [5.41, 5.74) is 1.67. The molecule has 0 unspecified atom stereocenters. The molecule has 0 aliphatic heterocycles. The molecule has 1 heterocycles. The van der Waals surface area contributed by atoms with Gasteiger partial charge >= 0.3 is 5.97 Å². The summed E-state index contributed by atoms with van der Waals surface area (Å²) in [5.74, 6) is -1.45. The van der Waals surface area contributed by atoms with Crippen molar-refractivity contribution in [3.05, 3.63) is 41.2 Å². The Hall–Kier alpha value is -3.09. The number of carbonyl (C=O) groups is 3. The molecule has 1 amide bonds. The standard InChI is InChI=1S/C18H20N2O5/c1-5-25-18(23)13-10(2)20-15(16(21)17(22)19-3)14(13)11-6-8-12(24-4)9-7-11/h6-9,20H,5H2,1-4H3,(H,19,22). The van der Waals surface area contributed by atoms with Crippen LogP contribution in [0.2, 0.25) is 0 Å². The van der Waals surface area contributed by atoms with E-state index in [1.807, 2.05) is 0 Å². The van der Waals surface area contributed by atoms with Gasteiger partial charge in [-0.2, -0.15) is 0 Å². The quantitative estimate of drug-likeness (QED) is 0.475. The molecule has 2 rings (SSSR count). The SMILES string of the molecule is CCOC(=O)c1c(C)[nH]c(C(=O)C(=O)NC)c1-c1ccc(OC)cc1. The number of aromatic nitrogens is 1. The zero-order chi connectivity index (χ0) is 18.6. The number of amides is 1. The Morgan fingerprint density at radius 2 is 1.80 bits per heavy atom. The summed E-state index contributed by atoms with van der Waals surface area (Å²) in [6.45, 7) is 3.55. The maximum Gasteiger partial charge on any atom is 0.340 e. The highest BCUT2D eigenvalue weighted by Crippen LogP contribution is 2.32. The van der Waals surface area contributed by atoms with Crippen molar-refractivity contribution in [1.29, 1.82) is 0 Å². The fraction of sp³-hybridized carbons (Fsp3) is 0.278. The van der Waals surface area contributed by atoms with Gasteiger partial charge in [0.1, 0.15) is 11.4 Å². The molecular weight excluding hydrogens is 324 g/mol. The zero-order valence-electron chi connectivity index (χ0n) is 14.6. The molecule has 7 heteroatoms. The third kappa shape index (κ3) is 3.55. The summed E-state index contributed by atoms with van der Waals surface area (Å²) in [6.07, 6.45) is 0. The zero-order valence-corrected chi connectivity index (χ0v) is 14.6. The lowest BCUT2D eigenvalue weighted by molar-refractivity contribution is -0.116. The highest BCUT2D eigenvalue weighted by Gasteiger charge is 2.29. The third-order valence-corrected chi connectivity index (χ3v) is 3.71. The number of benzene rings is 1. The second kappa shape index (κ2) is 7.65. The van der Waals surface area contributed by atoms with Crippen LogP contribution in [0, 0.1) is 6.92 Å². The fourth-order valence-corrected chi connectivity index (χ4v) is 2.53. The Morgan fingerprint density at radius 1 is 1.16 bits per heavy atom. The van der Waals surface area contributed by atoms with Gasteiger partial charge in [-0.15, -0.1) is 0 Å². The van der Waals surface area contributed by atoms with Gasteiger partial charge in [0.05, 0.1) is 19.3 Å². The van der Waals surface area contributed by atoms with Crippen molar-refractivity contribution in [3.63, 3.8) is 0 Å². The summed E-state index contributed by atoms with van der Waals surface area (Å²) >= 11 is 0. The number of likely N-dealkylation sites (N-methyl/N-ethyl adjacent to an activating group) is 1. The number of aromatic amines is 1. The van der Waals surface area contributed by atoms with E-state index >= 15 is 0 Å². The molecule has 2 aromatic rings. The Labute approximate surface area is 145 Å². The molecular formula is C18H20N2O5. The van der Waals surface area contributed by atoms with Crippen LogP contribution in [0.1, 0.15) is 33.5 Å². The highest BCUT2D eigenvalue weighted by molar-refractivity contribution is 6.43. The fourth-order valence-electron chi connectivity index (χ4n) is 2.53. The summed E-state index contributed by atoms with van der Waals surface area (Å²) in [4.78, 5) is 39.4. The molecule has 1 aromatic heterocycles. The third-order valence-electron chi connectivity index (χ3n) is 3.71.